The molecule has 3 rings (SSSR count). The Morgan fingerprint density at radius 2 is 1.94 bits per heavy atom. The largest absolute Gasteiger partial charge is 0.339 e. The fraction of sp³-hybridized carbons (Fsp3) is 0.733. The van der Waals surface area contributed by atoms with Gasteiger partial charge in [0, 0.05) is 19.0 Å². The van der Waals surface area contributed by atoms with Crippen molar-refractivity contribution in [3.63, 3.8) is 0 Å². The third-order valence-corrected chi connectivity index (χ3v) is 5.19. The predicted octanol–water partition coefficient (Wildman–Crippen LogP) is 2.03. The fourth-order valence-electron chi connectivity index (χ4n) is 4.28. The molecule has 2 saturated carbocycles. The molecule has 0 heterocycles. The Hall–Kier alpha value is -1.12. The SMILES string of the molecule is CCN(CC)C(=O)C1=C[C@H]2[C@@H]3CC[C@@H](C3)[C@H]2C1=O. The quantitative estimate of drug-likeness (QED) is 0.716. The number of amides is 1. The van der Waals surface area contributed by atoms with Crippen LogP contribution in [0.4, 0.5) is 0 Å². The van der Waals surface area contributed by atoms with Crippen molar-refractivity contribution in [2.45, 2.75) is 33.1 Å². The van der Waals surface area contributed by atoms with Gasteiger partial charge in [-0.15, -0.1) is 0 Å². The van der Waals surface area contributed by atoms with Crippen LogP contribution in [0.25, 0.3) is 0 Å². The van der Waals surface area contributed by atoms with E-state index in [1.165, 1.54) is 19.3 Å². The summed E-state index contributed by atoms with van der Waals surface area (Å²) in [6.45, 7) is 5.29. The first-order valence-electron chi connectivity index (χ1n) is 7.22. The molecule has 0 radical (unpaired) electrons. The van der Waals surface area contributed by atoms with Crippen LogP contribution in [-0.4, -0.2) is 29.7 Å². The van der Waals surface area contributed by atoms with Gasteiger partial charge in [0.25, 0.3) is 5.91 Å². The summed E-state index contributed by atoms with van der Waals surface area (Å²) in [5.41, 5.74) is 0.491. The molecular weight excluding hydrogens is 226 g/mol. The van der Waals surface area contributed by atoms with Gasteiger partial charge in [0.1, 0.15) is 0 Å². The molecule has 0 unspecified atom stereocenters. The van der Waals surface area contributed by atoms with Crippen molar-refractivity contribution in [2.24, 2.45) is 23.7 Å². The lowest BCUT2D eigenvalue weighted by Gasteiger charge is -2.22. The number of nitrogens with zero attached hydrogens (tertiary/aromatic N) is 1. The molecule has 0 aromatic carbocycles. The fourth-order valence-corrected chi connectivity index (χ4v) is 4.28. The average Bonchev–Trinajstić information content (AvgIpc) is 3.03. The van der Waals surface area contributed by atoms with Crippen molar-refractivity contribution in [1.29, 1.82) is 0 Å². The molecule has 0 N–H and O–H groups in total. The minimum atomic E-state index is -0.0428. The number of allylic oxidation sites excluding steroid dienone is 1. The molecule has 3 heteroatoms. The van der Waals surface area contributed by atoms with Crippen LogP contribution in [-0.2, 0) is 9.59 Å². The highest BCUT2D eigenvalue weighted by molar-refractivity contribution is 6.21. The molecule has 3 nitrogen and oxygen atoms in total. The summed E-state index contributed by atoms with van der Waals surface area (Å²) >= 11 is 0. The number of hydrogen-bond acceptors (Lipinski definition) is 2. The maximum atomic E-state index is 12.4. The van der Waals surface area contributed by atoms with Gasteiger partial charge >= 0.3 is 0 Å². The third kappa shape index (κ3) is 1.49. The Kier molecular flexibility index (Phi) is 2.80. The Morgan fingerprint density at radius 3 is 2.56 bits per heavy atom. The van der Waals surface area contributed by atoms with Crippen molar-refractivity contribution >= 4 is 11.7 Å². The standard InChI is InChI=1S/C15H21NO2/c1-3-16(4-2)15(18)12-8-11-9-5-6-10(7-9)13(11)14(12)17/h8-11,13H,3-7H2,1-2H3/t9-,10+,11+,13-/m1/s1. The Bertz CT molecular complexity index is 422. The topological polar surface area (TPSA) is 37.4 Å². The molecule has 98 valence electrons. The molecule has 0 spiro atoms. The lowest BCUT2D eigenvalue weighted by molar-refractivity contribution is -0.130. The predicted molar refractivity (Wildman–Crippen MR) is 68.8 cm³/mol. The number of Topliss-reactive ketones (excluding diaryl/α,β-unsaturated/α-hetero) is 1. The highest BCUT2D eigenvalue weighted by Gasteiger charge is 2.54. The molecule has 3 aliphatic rings. The van der Waals surface area contributed by atoms with Crippen molar-refractivity contribution in [2.75, 3.05) is 13.1 Å². The summed E-state index contributed by atoms with van der Waals surface area (Å²) in [5, 5.41) is 0. The van der Waals surface area contributed by atoms with Crippen molar-refractivity contribution < 1.29 is 9.59 Å². The molecule has 0 aromatic rings. The van der Waals surface area contributed by atoms with E-state index in [0.29, 0.717) is 36.4 Å². The number of likely N-dealkylation sites (N-methyl/N-ethyl adjacent to an activating group) is 1. The second kappa shape index (κ2) is 4.22. The highest BCUT2D eigenvalue weighted by atomic mass is 16.2. The Balaban J connectivity index is 1.84. The monoisotopic (exact) mass is 247 g/mol. The van der Waals surface area contributed by atoms with Crippen molar-refractivity contribution in [1.82, 2.24) is 4.90 Å². The molecule has 1 amide bonds. The van der Waals surface area contributed by atoms with E-state index in [0.717, 1.165) is 0 Å². The molecule has 2 bridgehead atoms. The number of carbonyl (C=O) groups excluding carboxylic acids is 2. The summed E-state index contributed by atoms with van der Waals surface area (Å²) < 4.78 is 0. The van der Waals surface area contributed by atoms with Crippen molar-refractivity contribution in [3.8, 4) is 0 Å². The van der Waals surface area contributed by atoms with Crippen LogP contribution in [0.2, 0.25) is 0 Å². The second-order valence-corrected chi connectivity index (χ2v) is 5.86. The lowest BCUT2D eigenvalue weighted by atomic mass is 9.81. The van der Waals surface area contributed by atoms with Crippen LogP contribution < -0.4 is 0 Å². The van der Waals surface area contributed by atoms with E-state index in [4.69, 9.17) is 0 Å². The molecule has 0 saturated heterocycles. The molecule has 18 heavy (non-hydrogen) atoms. The number of fused-ring (bicyclic) bond motifs is 5. The van der Waals surface area contributed by atoms with Gasteiger partial charge in [-0.05, 0) is 50.9 Å². The van der Waals surface area contributed by atoms with Gasteiger partial charge < -0.3 is 4.90 Å². The summed E-state index contributed by atoms with van der Waals surface area (Å²) in [7, 11) is 0. The van der Waals surface area contributed by atoms with Gasteiger partial charge in [0.2, 0.25) is 0 Å². The summed E-state index contributed by atoms with van der Waals surface area (Å²) in [5.74, 6) is 1.86. The zero-order valence-corrected chi connectivity index (χ0v) is 11.2. The lowest BCUT2D eigenvalue weighted by Crippen LogP contribution is -2.34. The van der Waals surface area contributed by atoms with Crippen LogP contribution in [0.1, 0.15) is 33.1 Å². The van der Waals surface area contributed by atoms with Crippen LogP contribution in [0.3, 0.4) is 0 Å². The van der Waals surface area contributed by atoms with E-state index in [2.05, 4.69) is 0 Å². The summed E-state index contributed by atoms with van der Waals surface area (Å²) in [6, 6.07) is 0. The summed E-state index contributed by atoms with van der Waals surface area (Å²) in [4.78, 5) is 26.5. The van der Waals surface area contributed by atoms with E-state index in [-0.39, 0.29) is 17.6 Å². The zero-order valence-electron chi connectivity index (χ0n) is 11.2. The highest BCUT2D eigenvalue weighted by Crippen LogP contribution is 2.56. The van der Waals surface area contributed by atoms with Crippen LogP contribution in [0.15, 0.2) is 11.6 Å². The first-order chi connectivity index (χ1) is 8.67. The van der Waals surface area contributed by atoms with Gasteiger partial charge in [-0.1, -0.05) is 6.08 Å². The molecule has 0 aromatic heterocycles. The Morgan fingerprint density at radius 1 is 1.28 bits per heavy atom. The smallest absolute Gasteiger partial charge is 0.257 e. The number of hydrogen-bond donors (Lipinski definition) is 0. The third-order valence-electron chi connectivity index (χ3n) is 5.19. The van der Waals surface area contributed by atoms with Gasteiger partial charge in [-0.25, -0.2) is 0 Å². The van der Waals surface area contributed by atoms with Crippen LogP contribution in [0, 0.1) is 23.7 Å². The molecule has 2 fully saturated rings. The van der Waals surface area contributed by atoms with Gasteiger partial charge in [-0.3, -0.25) is 9.59 Å². The van der Waals surface area contributed by atoms with E-state index in [1.807, 2.05) is 19.9 Å². The molecule has 3 aliphatic carbocycles. The van der Waals surface area contributed by atoms with Gasteiger partial charge in [0.05, 0.1) is 5.57 Å². The molecular formula is C15H21NO2. The first kappa shape index (κ1) is 11.9. The van der Waals surface area contributed by atoms with Gasteiger partial charge in [-0.2, -0.15) is 0 Å². The maximum Gasteiger partial charge on any atom is 0.257 e. The molecule has 4 atom stereocenters. The van der Waals surface area contributed by atoms with Crippen LogP contribution in [0.5, 0.6) is 0 Å². The van der Waals surface area contributed by atoms with Crippen molar-refractivity contribution in [3.05, 3.63) is 11.6 Å². The number of rotatable bonds is 3. The molecule has 0 aliphatic heterocycles. The minimum absolute atomic E-state index is 0.0428. The van der Waals surface area contributed by atoms with E-state index in [9.17, 15) is 9.59 Å². The normalized spacial score (nSPS) is 36.8. The van der Waals surface area contributed by atoms with Gasteiger partial charge in [0.15, 0.2) is 5.78 Å². The first-order valence-corrected chi connectivity index (χ1v) is 7.22. The summed E-state index contributed by atoms with van der Waals surface area (Å²) in [6.07, 6.45) is 5.67. The van der Waals surface area contributed by atoms with E-state index < -0.39 is 0 Å². The second-order valence-electron chi connectivity index (χ2n) is 5.86. The minimum Gasteiger partial charge on any atom is -0.339 e. The van der Waals surface area contributed by atoms with Crippen LogP contribution >= 0.6 is 0 Å². The Labute approximate surface area is 108 Å². The maximum absolute atomic E-state index is 12.4. The zero-order chi connectivity index (χ0) is 12.9. The average molecular weight is 247 g/mol. The van der Waals surface area contributed by atoms with E-state index >= 15 is 0 Å². The number of carbonyl (C=O) groups is 2. The number of ketones is 1. The van der Waals surface area contributed by atoms with E-state index in [1.54, 1.807) is 4.90 Å².